The smallest absolute Gasteiger partial charge is 0.282 e. The molecule has 0 saturated heterocycles. The van der Waals surface area contributed by atoms with Crippen molar-refractivity contribution in [3.8, 4) is 5.69 Å². The van der Waals surface area contributed by atoms with Crippen molar-refractivity contribution < 1.29 is 9.20 Å². The van der Waals surface area contributed by atoms with Crippen LogP contribution >= 0.6 is 0 Å². The van der Waals surface area contributed by atoms with Gasteiger partial charge >= 0.3 is 11.3 Å². The number of hydrazone groups is 1. The van der Waals surface area contributed by atoms with Gasteiger partial charge in [-0.1, -0.05) is 66.2 Å². The first kappa shape index (κ1) is 18.1. The minimum Gasteiger partial charge on any atom is -0.282 e. The van der Waals surface area contributed by atoms with Gasteiger partial charge in [-0.15, -0.1) is 0 Å². The number of rotatable bonds is 4. The molecule has 1 atom stereocenters. The highest BCUT2D eigenvalue weighted by molar-refractivity contribution is 6.00. The van der Waals surface area contributed by atoms with Crippen molar-refractivity contribution in [1.82, 2.24) is 5.27 Å². The van der Waals surface area contributed by atoms with Gasteiger partial charge in [0.25, 0.3) is 0 Å². The molecule has 1 aliphatic rings. The Morgan fingerprint density at radius 2 is 1.63 bits per heavy atom. The van der Waals surface area contributed by atoms with Crippen molar-refractivity contribution in [2.75, 3.05) is 5.01 Å². The van der Waals surface area contributed by atoms with Gasteiger partial charge in [-0.05, 0) is 34.6 Å². The lowest BCUT2D eigenvalue weighted by atomic mass is 10.0. The predicted octanol–water partition coefficient (Wildman–Crippen LogP) is 3.91. The van der Waals surface area contributed by atoms with Crippen molar-refractivity contribution in [2.24, 2.45) is 5.10 Å². The van der Waals surface area contributed by atoms with Gasteiger partial charge in [-0.25, -0.2) is 4.79 Å². The lowest BCUT2D eigenvalue weighted by Gasteiger charge is -2.23. The van der Waals surface area contributed by atoms with Crippen LogP contribution in [-0.4, -0.2) is 11.0 Å². The van der Waals surface area contributed by atoms with Gasteiger partial charge < -0.3 is 0 Å². The first-order chi connectivity index (χ1) is 14.7. The Balaban J connectivity index is 1.61. The fourth-order valence-electron chi connectivity index (χ4n) is 3.80. The van der Waals surface area contributed by atoms with Gasteiger partial charge in [0.1, 0.15) is 5.71 Å². The minimum atomic E-state index is -0.434. The number of aromatic nitrogens is 2. The molecule has 1 aliphatic heterocycles. The molecule has 0 saturated carbocycles. The van der Waals surface area contributed by atoms with Crippen LogP contribution in [0.1, 0.15) is 29.3 Å². The number of nitrogens with zero attached hydrogens (tertiary/aromatic N) is 3. The molecular weight excluding hydrogens is 376 g/mol. The van der Waals surface area contributed by atoms with E-state index in [-0.39, 0.29) is 6.04 Å². The van der Waals surface area contributed by atoms with Crippen molar-refractivity contribution in [2.45, 2.75) is 19.4 Å². The van der Waals surface area contributed by atoms with Crippen molar-refractivity contribution in [1.29, 1.82) is 0 Å². The standard InChI is InChI=1S/C24H20N4O2/c1-17-12-14-20(15-13-17)28-23(24(29)30-26-28)21-16-22(18-8-4-2-5-9-18)27(25-21)19-10-6-3-7-11-19/h2-15,22H,16H2,1H3/p+1. The van der Waals surface area contributed by atoms with Crippen LogP contribution < -0.4 is 15.3 Å². The number of anilines is 1. The number of H-pyrrole nitrogens is 1. The summed E-state index contributed by atoms with van der Waals surface area (Å²) in [6, 6.07) is 28.1. The number of benzene rings is 3. The highest BCUT2D eigenvalue weighted by Gasteiger charge is 2.38. The Hall–Kier alpha value is -3.93. The highest BCUT2D eigenvalue weighted by Crippen LogP contribution is 2.35. The van der Waals surface area contributed by atoms with Gasteiger partial charge in [0.05, 0.1) is 11.7 Å². The van der Waals surface area contributed by atoms with E-state index in [0.717, 1.165) is 22.5 Å². The van der Waals surface area contributed by atoms with E-state index < -0.39 is 5.63 Å². The van der Waals surface area contributed by atoms with Crippen LogP contribution in [0.25, 0.3) is 5.69 Å². The lowest BCUT2D eigenvalue weighted by Crippen LogP contribution is -2.41. The molecule has 2 heterocycles. The molecule has 1 unspecified atom stereocenters. The summed E-state index contributed by atoms with van der Waals surface area (Å²) in [5.74, 6) is 0. The Bertz CT molecular complexity index is 1240. The maximum absolute atomic E-state index is 12.6. The van der Waals surface area contributed by atoms with Crippen molar-refractivity contribution in [3.05, 3.63) is 112 Å². The number of nitrogens with one attached hydrogen (secondary N) is 1. The quantitative estimate of drug-likeness (QED) is 0.531. The van der Waals surface area contributed by atoms with Crippen molar-refractivity contribution in [3.63, 3.8) is 0 Å². The van der Waals surface area contributed by atoms with Crippen LogP contribution in [0.15, 0.2) is 99.3 Å². The number of aromatic amines is 1. The third kappa shape index (κ3) is 3.22. The summed E-state index contributed by atoms with van der Waals surface area (Å²) >= 11 is 0. The normalized spacial score (nSPS) is 16.0. The average molecular weight is 397 g/mol. The molecule has 1 N–H and O–H groups in total. The number of hydrogen-bond donors (Lipinski definition) is 1. The van der Waals surface area contributed by atoms with E-state index in [1.807, 2.05) is 84.7 Å². The van der Waals surface area contributed by atoms with E-state index in [1.54, 1.807) is 4.68 Å². The third-order valence-electron chi connectivity index (χ3n) is 5.33. The van der Waals surface area contributed by atoms with Gasteiger partial charge in [-0.2, -0.15) is 5.10 Å². The fourth-order valence-corrected chi connectivity index (χ4v) is 3.80. The van der Waals surface area contributed by atoms with Crippen LogP contribution in [0, 0.1) is 6.92 Å². The first-order valence-corrected chi connectivity index (χ1v) is 9.88. The molecule has 5 rings (SSSR count). The summed E-state index contributed by atoms with van der Waals surface area (Å²) in [5, 5.41) is 9.58. The summed E-state index contributed by atoms with van der Waals surface area (Å²) in [6.45, 7) is 2.02. The van der Waals surface area contributed by atoms with E-state index >= 15 is 0 Å². The molecule has 30 heavy (non-hydrogen) atoms. The van der Waals surface area contributed by atoms with Crippen LogP contribution in [-0.2, 0) is 0 Å². The SMILES string of the molecule is Cc1ccc(-[n+]2[nH]oc(=O)c2C2=NN(c3ccccc3)C(c3ccccc3)C2)cc1. The van der Waals surface area contributed by atoms with Crippen LogP contribution in [0.4, 0.5) is 5.69 Å². The predicted molar refractivity (Wildman–Crippen MR) is 115 cm³/mol. The maximum atomic E-state index is 12.6. The molecular formula is C24H21N4O2+. The van der Waals surface area contributed by atoms with Gasteiger partial charge in [0.15, 0.2) is 0 Å². The minimum absolute atomic E-state index is 0.00984. The largest absolute Gasteiger partial charge is 0.437 e. The molecule has 0 aliphatic carbocycles. The molecule has 4 aromatic rings. The van der Waals surface area contributed by atoms with Gasteiger partial charge in [0.2, 0.25) is 5.69 Å². The summed E-state index contributed by atoms with van der Waals surface area (Å²) in [5.41, 5.74) is 4.74. The van der Waals surface area contributed by atoms with Crippen LogP contribution in [0.3, 0.4) is 0 Å². The second kappa shape index (κ2) is 7.48. The van der Waals surface area contributed by atoms with Gasteiger partial charge in [-0.3, -0.25) is 9.53 Å². The second-order valence-electron chi connectivity index (χ2n) is 7.36. The maximum Gasteiger partial charge on any atom is 0.437 e. The number of para-hydroxylation sites is 1. The fraction of sp³-hybridized carbons (Fsp3) is 0.125. The van der Waals surface area contributed by atoms with E-state index in [4.69, 9.17) is 9.62 Å². The van der Waals surface area contributed by atoms with E-state index in [1.165, 1.54) is 0 Å². The average Bonchev–Trinajstić information content (AvgIpc) is 3.39. The lowest BCUT2D eigenvalue weighted by molar-refractivity contribution is -0.671. The van der Waals surface area contributed by atoms with E-state index in [2.05, 4.69) is 17.4 Å². The Labute approximate surface area is 173 Å². The molecule has 6 nitrogen and oxygen atoms in total. The molecule has 0 spiro atoms. The third-order valence-corrected chi connectivity index (χ3v) is 5.33. The molecule has 6 heteroatoms. The molecule has 0 radical (unpaired) electrons. The van der Waals surface area contributed by atoms with E-state index in [0.29, 0.717) is 17.8 Å². The van der Waals surface area contributed by atoms with Crippen LogP contribution in [0.5, 0.6) is 0 Å². The zero-order valence-corrected chi connectivity index (χ0v) is 16.5. The second-order valence-corrected chi connectivity index (χ2v) is 7.36. The Morgan fingerprint density at radius 1 is 0.967 bits per heavy atom. The zero-order valence-electron chi connectivity index (χ0n) is 16.5. The summed E-state index contributed by atoms with van der Waals surface area (Å²) in [4.78, 5) is 12.6. The van der Waals surface area contributed by atoms with Gasteiger partial charge in [0, 0.05) is 18.6 Å². The first-order valence-electron chi connectivity index (χ1n) is 9.88. The molecule has 148 valence electrons. The Morgan fingerprint density at radius 3 is 2.33 bits per heavy atom. The summed E-state index contributed by atoms with van der Waals surface area (Å²) in [6.07, 6.45) is 0.591. The van der Waals surface area contributed by atoms with Crippen molar-refractivity contribution >= 4 is 11.4 Å². The topological polar surface area (TPSA) is 65.5 Å². The summed E-state index contributed by atoms with van der Waals surface area (Å²) in [7, 11) is 0. The highest BCUT2D eigenvalue weighted by atomic mass is 16.5. The molecule has 1 aromatic heterocycles. The monoisotopic (exact) mass is 397 g/mol. The molecule has 0 bridgehead atoms. The molecule has 0 amide bonds. The number of aryl methyl sites for hydroxylation is 1. The number of hydrogen-bond acceptors (Lipinski definition) is 4. The molecule has 3 aromatic carbocycles. The van der Waals surface area contributed by atoms with Crippen LogP contribution in [0.2, 0.25) is 0 Å². The Kier molecular flexibility index (Phi) is 4.52. The zero-order chi connectivity index (χ0) is 20.5. The molecule has 0 fully saturated rings. The van der Waals surface area contributed by atoms with E-state index in [9.17, 15) is 4.79 Å². The summed E-state index contributed by atoms with van der Waals surface area (Å²) < 4.78 is 6.82.